The van der Waals surface area contributed by atoms with Gasteiger partial charge in [0.1, 0.15) is 5.75 Å². The fourth-order valence-corrected chi connectivity index (χ4v) is 2.53. The van der Waals surface area contributed by atoms with Gasteiger partial charge in [-0.2, -0.15) is 5.26 Å². The molecule has 0 aliphatic carbocycles. The molecule has 0 spiro atoms. The summed E-state index contributed by atoms with van der Waals surface area (Å²) in [4.78, 5) is 12.1. The van der Waals surface area contributed by atoms with Crippen molar-refractivity contribution in [2.24, 2.45) is 0 Å². The molecule has 0 heterocycles. The van der Waals surface area contributed by atoms with Crippen LogP contribution < -0.4 is 10.1 Å². The number of amides is 1. The lowest BCUT2D eigenvalue weighted by Gasteiger charge is -2.18. The molecule has 4 nitrogen and oxygen atoms in total. The van der Waals surface area contributed by atoms with Crippen LogP contribution in [0.15, 0.2) is 36.4 Å². The minimum atomic E-state index is -1.14. The van der Waals surface area contributed by atoms with Crippen LogP contribution in [0.4, 0.5) is 0 Å². The van der Waals surface area contributed by atoms with Gasteiger partial charge in [0.25, 0.3) is 5.91 Å². The topological polar surface area (TPSA) is 62.1 Å². The Morgan fingerprint density at radius 2 is 1.78 bits per heavy atom. The number of hydrogen-bond donors (Lipinski definition) is 1. The predicted molar refractivity (Wildman–Crippen MR) is 90.0 cm³/mol. The zero-order chi connectivity index (χ0) is 17.0. The van der Waals surface area contributed by atoms with Crippen LogP contribution in [0.5, 0.6) is 5.75 Å². The number of carbonyl (C=O) groups excluding carboxylic acids is 1. The van der Waals surface area contributed by atoms with Crippen molar-refractivity contribution in [2.45, 2.75) is 6.10 Å². The summed E-state index contributed by atoms with van der Waals surface area (Å²) in [6.45, 7) is 0. The SMILES string of the molecule is N#CNC(=O)C(Oc1ccc(Cl)cc1Cl)c1ccc(Cl)c(Cl)c1. The maximum absolute atomic E-state index is 12.1. The Labute approximate surface area is 152 Å². The van der Waals surface area contributed by atoms with Gasteiger partial charge < -0.3 is 4.74 Å². The molecule has 0 radical (unpaired) electrons. The lowest BCUT2D eigenvalue weighted by atomic mass is 10.1. The molecule has 23 heavy (non-hydrogen) atoms. The number of carbonyl (C=O) groups is 1. The van der Waals surface area contributed by atoms with Crippen molar-refractivity contribution in [3.05, 3.63) is 62.1 Å². The van der Waals surface area contributed by atoms with Gasteiger partial charge in [-0.15, -0.1) is 0 Å². The minimum Gasteiger partial charge on any atom is -0.474 e. The summed E-state index contributed by atoms with van der Waals surface area (Å²) in [5, 5.41) is 11.9. The van der Waals surface area contributed by atoms with Gasteiger partial charge in [-0.05, 0) is 30.3 Å². The van der Waals surface area contributed by atoms with Crippen LogP contribution in [0.2, 0.25) is 20.1 Å². The molecule has 2 rings (SSSR count). The Kier molecular flexibility index (Phi) is 5.97. The first-order chi connectivity index (χ1) is 10.9. The van der Waals surface area contributed by atoms with Crippen molar-refractivity contribution in [3.8, 4) is 11.9 Å². The second-order valence-corrected chi connectivity index (χ2v) is 6.01. The average molecular weight is 390 g/mol. The van der Waals surface area contributed by atoms with E-state index >= 15 is 0 Å². The summed E-state index contributed by atoms with van der Waals surface area (Å²) in [7, 11) is 0. The predicted octanol–water partition coefficient (Wildman–Crippen LogP) is 5.02. The maximum atomic E-state index is 12.1. The maximum Gasteiger partial charge on any atom is 0.278 e. The van der Waals surface area contributed by atoms with E-state index in [1.165, 1.54) is 24.3 Å². The van der Waals surface area contributed by atoms with Crippen LogP contribution in [-0.2, 0) is 4.79 Å². The van der Waals surface area contributed by atoms with E-state index in [1.54, 1.807) is 18.3 Å². The first-order valence-corrected chi connectivity index (χ1v) is 7.69. The lowest BCUT2D eigenvalue weighted by Crippen LogP contribution is -2.29. The van der Waals surface area contributed by atoms with Crippen molar-refractivity contribution in [2.75, 3.05) is 0 Å². The van der Waals surface area contributed by atoms with Crippen LogP contribution in [0.1, 0.15) is 11.7 Å². The van der Waals surface area contributed by atoms with Crippen LogP contribution in [0.3, 0.4) is 0 Å². The number of nitriles is 1. The molecule has 0 bridgehead atoms. The van der Waals surface area contributed by atoms with E-state index in [0.29, 0.717) is 15.6 Å². The molecule has 0 fully saturated rings. The number of rotatable bonds is 4. The van der Waals surface area contributed by atoms with Crippen LogP contribution in [-0.4, -0.2) is 5.91 Å². The lowest BCUT2D eigenvalue weighted by molar-refractivity contribution is -0.127. The Morgan fingerprint density at radius 1 is 1.04 bits per heavy atom. The van der Waals surface area contributed by atoms with Crippen molar-refractivity contribution < 1.29 is 9.53 Å². The second-order valence-electron chi connectivity index (χ2n) is 4.35. The largest absolute Gasteiger partial charge is 0.474 e. The summed E-state index contributed by atoms with van der Waals surface area (Å²) in [6.07, 6.45) is 0.424. The van der Waals surface area contributed by atoms with Gasteiger partial charge in [-0.3, -0.25) is 10.1 Å². The zero-order valence-electron chi connectivity index (χ0n) is 11.3. The van der Waals surface area contributed by atoms with Crippen molar-refractivity contribution in [1.29, 1.82) is 5.26 Å². The molecule has 1 amide bonds. The van der Waals surface area contributed by atoms with Gasteiger partial charge in [0, 0.05) is 10.6 Å². The number of ether oxygens (including phenoxy) is 1. The fourth-order valence-electron chi connectivity index (χ4n) is 1.77. The molecule has 2 aromatic carbocycles. The molecule has 1 unspecified atom stereocenters. The molecule has 1 N–H and O–H groups in total. The highest BCUT2D eigenvalue weighted by Gasteiger charge is 2.24. The Hall–Kier alpha value is -1.64. The van der Waals surface area contributed by atoms with E-state index < -0.39 is 12.0 Å². The molecule has 2 aromatic rings. The molecule has 0 aliphatic rings. The number of nitrogens with zero attached hydrogens (tertiary/aromatic N) is 1. The van der Waals surface area contributed by atoms with Gasteiger partial charge in [0.05, 0.1) is 15.1 Å². The van der Waals surface area contributed by atoms with E-state index in [-0.39, 0.29) is 15.8 Å². The van der Waals surface area contributed by atoms with E-state index in [2.05, 4.69) is 0 Å². The second kappa shape index (κ2) is 7.76. The normalized spacial score (nSPS) is 11.4. The Bertz CT molecular complexity index is 790. The highest BCUT2D eigenvalue weighted by Crippen LogP contribution is 2.33. The fraction of sp³-hybridized carbons (Fsp3) is 0.0667. The van der Waals surface area contributed by atoms with Crippen molar-refractivity contribution in [1.82, 2.24) is 5.32 Å². The van der Waals surface area contributed by atoms with Crippen LogP contribution >= 0.6 is 46.4 Å². The minimum absolute atomic E-state index is 0.229. The summed E-state index contributed by atoms with van der Waals surface area (Å²) >= 11 is 23.7. The summed E-state index contributed by atoms with van der Waals surface area (Å²) in [6, 6.07) is 9.14. The highest BCUT2D eigenvalue weighted by molar-refractivity contribution is 6.42. The highest BCUT2D eigenvalue weighted by atomic mass is 35.5. The molecule has 0 aromatic heterocycles. The number of benzene rings is 2. The van der Waals surface area contributed by atoms with Gasteiger partial charge in [0.15, 0.2) is 6.19 Å². The quantitative estimate of drug-likeness (QED) is 0.589. The monoisotopic (exact) mass is 388 g/mol. The van der Waals surface area contributed by atoms with Crippen LogP contribution in [0, 0.1) is 11.5 Å². The molecule has 8 heteroatoms. The smallest absolute Gasteiger partial charge is 0.278 e. The van der Waals surface area contributed by atoms with E-state index in [9.17, 15) is 4.79 Å². The molecular weight excluding hydrogens is 382 g/mol. The van der Waals surface area contributed by atoms with Gasteiger partial charge in [-0.1, -0.05) is 52.5 Å². The third-order valence-electron chi connectivity index (χ3n) is 2.80. The van der Waals surface area contributed by atoms with Crippen molar-refractivity contribution >= 4 is 52.3 Å². The third-order valence-corrected chi connectivity index (χ3v) is 4.07. The summed E-state index contributed by atoms with van der Waals surface area (Å²) < 4.78 is 5.64. The number of halogens is 4. The third kappa shape index (κ3) is 4.43. The van der Waals surface area contributed by atoms with E-state index in [4.69, 9.17) is 56.4 Å². The molecule has 0 saturated carbocycles. The standard InChI is InChI=1S/C15H8Cl4N2O2/c16-9-2-4-13(12(19)6-9)23-14(15(22)21-7-20)8-1-3-10(17)11(18)5-8/h1-6,14H,(H,21,22). The number of nitrogens with one attached hydrogen (secondary N) is 1. The Balaban J connectivity index is 2.39. The molecule has 1 atom stereocenters. The van der Waals surface area contributed by atoms with E-state index in [1.807, 2.05) is 5.32 Å². The molecule has 0 saturated heterocycles. The first kappa shape index (κ1) is 17.7. The molecule has 0 aliphatic heterocycles. The molecule has 118 valence electrons. The summed E-state index contributed by atoms with van der Waals surface area (Å²) in [5.74, 6) is -0.433. The van der Waals surface area contributed by atoms with Gasteiger partial charge in [0.2, 0.25) is 6.10 Å². The number of hydrogen-bond acceptors (Lipinski definition) is 3. The first-order valence-electron chi connectivity index (χ1n) is 6.18. The van der Waals surface area contributed by atoms with Crippen LogP contribution in [0.25, 0.3) is 0 Å². The van der Waals surface area contributed by atoms with Gasteiger partial charge >= 0.3 is 0 Å². The molecular formula is C15H8Cl4N2O2. The summed E-state index contributed by atoms with van der Waals surface area (Å²) in [5.41, 5.74) is 0.415. The van der Waals surface area contributed by atoms with Crippen molar-refractivity contribution in [3.63, 3.8) is 0 Å². The van der Waals surface area contributed by atoms with E-state index in [0.717, 1.165) is 0 Å². The average Bonchev–Trinajstić information content (AvgIpc) is 2.49. The zero-order valence-corrected chi connectivity index (χ0v) is 14.3. The van der Waals surface area contributed by atoms with Gasteiger partial charge in [-0.25, -0.2) is 0 Å². The Morgan fingerprint density at radius 3 is 2.39 bits per heavy atom.